The molecule has 0 aliphatic carbocycles. The van der Waals surface area contributed by atoms with Crippen molar-refractivity contribution in [3.05, 3.63) is 65.0 Å². The van der Waals surface area contributed by atoms with E-state index >= 15 is 0 Å². The molecule has 0 bridgehead atoms. The number of amides is 1. The van der Waals surface area contributed by atoms with Gasteiger partial charge in [-0.15, -0.1) is 11.3 Å². The van der Waals surface area contributed by atoms with E-state index in [2.05, 4.69) is 23.3 Å². The van der Waals surface area contributed by atoms with Crippen molar-refractivity contribution in [2.24, 2.45) is 0 Å². The fraction of sp³-hybridized carbons (Fsp3) is 0.238. The number of nitrogens with one attached hydrogen (secondary N) is 1. The Bertz CT molecular complexity index is 875. The van der Waals surface area contributed by atoms with E-state index in [4.69, 9.17) is 4.74 Å². The molecule has 134 valence electrons. The molecule has 3 aromatic rings. The molecule has 0 unspecified atom stereocenters. The molecule has 3 rings (SSSR count). The van der Waals surface area contributed by atoms with Crippen LogP contribution < -0.4 is 10.1 Å². The summed E-state index contributed by atoms with van der Waals surface area (Å²) < 4.78 is 5.22. The van der Waals surface area contributed by atoms with Gasteiger partial charge in [0, 0.05) is 17.4 Å². The zero-order valence-electron chi connectivity index (χ0n) is 15.0. The number of aromatic nitrogens is 1. The standard InChI is InChI=1S/C21H22N2O2S/c1-15-13-18(25-2)12-11-16(15)9-6-10-20(24)23-21-22-19(14-26-21)17-7-4-3-5-8-17/h3-5,7-8,11-14H,6,9-10H2,1-2H3,(H,22,23,24). The predicted molar refractivity (Wildman–Crippen MR) is 107 cm³/mol. The molecule has 0 fully saturated rings. The third-order valence-electron chi connectivity index (χ3n) is 4.22. The van der Waals surface area contributed by atoms with Crippen LogP contribution in [0.2, 0.25) is 0 Å². The second kappa shape index (κ2) is 8.63. The molecule has 0 aliphatic rings. The van der Waals surface area contributed by atoms with Crippen molar-refractivity contribution in [3.63, 3.8) is 0 Å². The van der Waals surface area contributed by atoms with Crippen LogP contribution in [0.5, 0.6) is 5.75 Å². The van der Waals surface area contributed by atoms with E-state index in [1.807, 2.05) is 47.8 Å². The van der Waals surface area contributed by atoms with Gasteiger partial charge in [-0.05, 0) is 43.0 Å². The Morgan fingerprint density at radius 3 is 2.73 bits per heavy atom. The summed E-state index contributed by atoms with van der Waals surface area (Å²) in [6, 6.07) is 16.0. The highest BCUT2D eigenvalue weighted by atomic mass is 32.1. The monoisotopic (exact) mass is 366 g/mol. The quantitative estimate of drug-likeness (QED) is 0.634. The Morgan fingerprint density at radius 1 is 1.19 bits per heavy atom. The highest BCUT2D eigenvalue weighted by Crippen LogP contribution is 2.25. The van der Waals surface area contributed by atoms with E-state index in [1.165, 1.54) is 22.5 Å². The molecule has 5 heteroatoms. The molecule has 0 saturated carbocycles. The average molecular weight is 366 g/mol. The molecule has 0 radical (unpaired) electrons. The van der Waals surface area contributed by atoms with Crippen LogP contribution in [-0.2, 0) is 11.2 Å². The molecule has 0 aliphatic heterocycles. The Hall–Kier alpha value is -2.66. The smallest absolute Gasteiger partial charge is 0.226 e. The maximum Gasteiger partial charge on any atom is 0.226 e. The number of nitrogens with zero attached hydrogens (tertiary/aromatic N) is 1. The molecule has 1 N–H and O–H groups in total. The first-order valence-electron chi connectivity index (χ1n) is 8.60. The fourth-order valence-electron chi connectivity index (χ4n) is 2.77. The maximum atomic E-state index is 12.2. The van der Waals surface area contributed by atoms with Gasteiger partial charge in [0.1, 0.15) is 5.75 Å². The second-order valence-corrected chi connectivity index (χ2v) is 6.96. The van der Waals surface area contributed by atoms with Gasteiger partial charge in [-0.2, -0.15) is 0 Å². The number of hydrogen-bond acceptors (Lipinski definition) is 4. The first kappa shape index (κ1) is 18.1. The molecule has 1 heterocycles. The van der Waals surface area contributed by atoms with E-state index in [0.29, 0.717) is 11.6 Å². The molecular formula is C21H22N2O2S. The van der Waals surface area contributed by atoms with Gasteiger partial charge in [-0.25, -0.2) is 4.98 Å². The van der Waals surface area contributed by atoms with Crippen LogP contribution in [0, 0.1) is 6.92 Å². The third kappa shape index (κ3) is 4.70. The Morgan fingerprint density at radius 2 is 2.00 bits per heavy atom. The van der Waals surface area contributed by atoms with Crippen LogP contribution in [0.4, 0.5) is 5.13 Å². The van der Waals surface area contributed by atoms with Gasteiger partial charge in [0.2, 0.25) is 5.91 Å². The SMILES string of the molecule is COc1ccc(CCCC(=O)Nc2nc(-c3ccccc3)cs2)c(C)c1. The van der Waals surface area contributed by atoms with Gasteiger partial charge in [0.05, 0.1) is 12.8 Å². The van der Waals surface area contributed by atoms with E-state index in [0.717, 1.165) is 29.8 Å². The number of thiazole rings is 1. The lowest BCUT2D eigenvalue weighted by Gasteiger charge is -2.08. The van der Waals surface area contributed by atoms with Crippen molar-refractivity contribution < 1.29 is 9.53 Å². The Labute approximate surface area is 157 Å². The van der Waals surface area contributed by atoms with E-state index in [1.54, 1.807) is 7.11 Å². The number of carbonyl (C=O) groups excluding carboxylic acids is 1. The summed E-state index contributed by atoms with van der Waals surface area (Å²) in [4.78, 5) is 16.7. The lowest BCUT2D eigenvalue weighted by molar-refractivity contribution is -0.116. The number of anilines is 1. The van der Waals surface area contributed by atoms with Crippen LogP contribution in [0.15, 0.2) is 53.9 Å². The number of ether oxygens (including phenoxy) is 1. The van der Waals surface area contributed by atoms with Gasteiger partial charge in [0.15, 0.2) is 5.13 Å². The number of rotatable bonds is 7. The van der Waals surface area contributed by atoms with Crippen LogP contribution in [0.3, 0.4) is 0 Å². The first-order valence-corrected chi connectivity index (χ1v) is 9.48. The van der Waals surface area contributed by atoms with Crippen molar-refractivity contribution in [3.8, 4) is 17.0 Å². The molecule has 1 aromatic heterocycles. The van der Waals surface area contributed by atoms with E-state index < -0.39 is 0 Å². The highest BCUT2D eigenvalue weighted by Gasteiger charge is 2.08. The first-order chi connectivity index (χ1) is 12.7. The number of hydrogen-bond donors (Lipinski definition) is 1. The van der Waals surface area contributed by atoms with Gasteiger partial charge in [-0.3, -0.25) is 4.79 Å². The molecule has 0 saturated heterocycles. The van der Waals surface area contributed by atoms with Gasteiger partial charge in [0.25, 0.3) is 0 Å². The fourth-order valence-corrected chi connectivity index (χ4v) is 3.51. The lowest BCUT2D eigenvalue weighted by atomic mass is 10.0. The molecule has 0 atom stereocenters. The number of carbonyl (C=O) groups is 1. The molecular weight excluding hydrogens is 344 g/mol. The molecule has 2 aromatic carbocycles. The summed E-state index contributed by atoms with van der Waals surface area (Å²) in [6.07, 6.45) is 2.15. The van der Waals surface area contributed by atoms with Crippen LogP contribution in [0.1, 0.15) is 24.0 Å². The van der Waals surface area contributed by atoms with Gasteiger partial charge in [-0.1, -0.05) is 36.4 Å². The highest BCUT2D eigenvalue weighted by molar-refractivity contribution is 7.14. The van der Waals surface area contributed by atoms with Crippen LogP contribution in [0.25, 0.3) is 11.3 Å². The number of methoxy groups -OCH3 is 1. The third-order valence-corrected chi connectivity index (χ3v) is 4.98. The topological polar surface area (TPSA) is 51.2 Å². The minimum atomic E-state index is 0.00475. The van der Waals surface area contributed by atoms with Crippen molar-refractivity contribution in [2.45, 2.75) is 26.2 Å². The zero-order valence-corrected chi connectivity index (χ0v) is 15.8. The Kier molecular flexibility index (Phi) is 6.02. The summed E-state index contributed by atoms with van der Waals surface area (Å²) in [5.74, 6) is 0.868. The normalized spacial score (nSPS) is 10.5. The number of benzene rings is 2. The molecule has 4 nitrogen and oxygen atoms in total. The van der Waals surface area contributed by atoms with Crippen molar-refractivity contribution in [2.75, 3.05) is 12.4 Å². The molecule has 26 heavy (non-hydrogen) atoms. The van der Waals surface area contributed by atoms with Crippen molar-refractivity contribution >= 4 is 22.4 Å². The van der Waals surface area contributed by atoms with Crippen molar-refractivity contribution in [1.29, 1.82) is 0 Å². The van der Waals surface area contributed by atoms with E-state index in [-0.39, 0.29) is 5.91 Å². The summed E-state index contributed by atoms with van der Waals surface area (Å²) in [5.41, 5.74) is 4.38. The van der Waals surface area contributed by atoms with Gasteiger partial charge < -0.3 is 10.1 Å². The summed E-state index contributed by atoms with van der Waals surface area (Å²) in [6.45, 7) is 2.07. The summed E-state index contributed by atoms with van der Waals surface area (Å²) in [5, 5.41) is 5.51. The Balaban J connectivity index is 1.50. The summed E-state index contributed by atoms with van der Waals surface area (Å²) in [7, 11) is 1.67. The van der Waals surface area contributed by atoms with Gasteiger partial charge >= 0.3 is 0 Å². The second-order valence-electron chi connectivity index (χ2n) is 6.10. The maximum absolute atomic E-state index is 12.2. The zero-order chi connectivity index (χ0) is 18.4. The van der Waals surface area contributed by atoms with Crippen molar-refractivity contribution in [1.82, 2.24) is 4.98 Å². The summed E-state index contributed by atoms with van der Waals surface area (Å²) >= 11 is 1.45. The average Bonchev–Trinajstić information content (AvgIpc) is 3.12. The predicted octanol–water partition coefficient (Wildman–Crippen LogP) is 5.09. The van der Waals surface area contributed by atoms with Crippen LogP contribution in [-0.4, -0.2) is 18.0 Å². The largest absolute Gasteiger partial charge is 0.497 e. The van der Waals surface area contributed by atoms with E-state index in [9.17, 15) is 4.79 Å². The minimum Gasteiger partial charge on any atom is -0.497 e. The molecule has 0 spiro atoms. The number of aryl methyl sites for hydroxylation is 2. The minimum absolute atomic E-state index is 0.00475. The van der Waals surface area contributed by atoms with Crippen LogP contribution >= 0.6 is 11.3 Å². The lowest BCUT2D eigenvalue weighted by Crippen LogP contribution is -2.11. The molecule has 1 amide bonds.